The lowest BCUT2D eigenvalue weighted by Crippen LogP contribution is -2.04. The zero-order valence-electron chi connectivity index (χ0n) is 13.1. The number of rotatable bonds is 4. The third kappa shape index (κ3) is 3.34. The summed E-state index contributed by atoms with van der Waals surface area (Å²) in [6.45, 7) is 0. The summed E-state index contributed by atoms with van der Waals surface area (Å²) in [7, 11) is 0. The molecule has 0 bridgehead atoms. The van der Waals surface area contributed by atoms with Crippen LogP contribution in [0.4, 0.5) is 28.9 Å². The molecule has 0 fully saturated rings. The van der Waals surface area contributed by atoms with Crippen molar-refractivity contribution in [2.45, 2.75) is 0 Å². The van der Waals surface area contributed by atoms with Crippen LogP contribution in [0.1, 0.15) is 0 Å². The largest absolute Gasteiger partial charge is 0.450 e. The molecule has 4 nitrogen and oxygen atoms in total. The number of benzene rings is 3. The molecule has 0 radical (unpaired) electrons. The van der Waals surface area contributed by atoms with E-state index in [2.05, 4.69) is 0 Å². The van der Waals surface area contributed by atoms with Gasteiger partial charge in [0.1, 0.15) is 11.5 Å². The predicted octanol–water partition coefficient (Wildman–Crippen LogP) is 4.99. The van der Waals surface area contributed by atoms with E-state index in [0.29, 0.717) is 0 Å². The Hall–Kier alpha value is -3.42. The van der Waals surface area contributed by atoms with Crippen LogP contribution >= 0.6 is 0 Å². The van der Waals surface area contributed by atoms with Gasteiger partial charge >= 0.3 is 0 Å². The number of nitrogen functional groups attached to an aromatic ring is 2. The number of anilines is 2. The third-order valence-corrected chi connectivity index (χ3v) is 3.34. The highest BCUT2D eigenvalue weighted by Gasteiger charge is 2.29. The summed E-state index contributed by atoms with van der Waals surface area (Å²) in [5, 5.41) is 0. The van der Waals surface area contributed by atoms with Gasteiger partial charge in [-0.25, -0.2) is 8.78 Å². The van der Waals surface area contributed by atoms with Crippen molar-refractivity contribution in [1.82, 2.24) is 0 Å². The molecule has 3 aromatic carbocycles. The minimum absolute atomic E-state index is 0.0215. The van der Waals surface area contributed by atoms with E-state index in [-0.39, 0.29) is 22.9 Å². The van der Waals surface area contributed by atoms with E-state index >= 15 is 0 Å². The van der Waals surface area contributed by atoms with E-state index in [1.54, 1.807) is 0 Å². The van der Waals surface area contributed by atoms with Crippen molar-refractivity contribution in [2.75, 3.05) is 11.5 Å². The van der Waals surface area contributed by atoms with Crippen LogP contribution in [0, 0.1) is 23.3 Å². The van der Waals surface area contributed by atoms with Gasteiger partial charge in [0.05, 0.1) is 0 Å². The lowest BCUT2D eigenvalue weighted by Gasteiger charge is -2.15. The highest BCUT2D eigenvalue weighted by molar-refractivity contribution is 5.52. The van der Waals surface area contributed by atoms with Gasteiger partial charge in [-0.05, 0) is 24.3 Å². The summed E-state index contributed by atoms with van der Waals surface area (Å²) < 4.78 is 66.1. The molecule has 3 rings (SSSR count). The van der Waals surface area contributed by atoms with E-state index in [4.69, 9.17) is 20.9 Å². The second-order valence-corrected chi connectivity index (χ2v) is 5.26. The molecule has 0 amide bonds. The minimum Gasteiger partial charge on any atom is -0.450 e. The fraction of sp³-hybridized carbons (Fsp3) is 0. The molecule has 4 N–H and O–H groups in total. The average molecular weight is 364 g/mol. The van der Waals surface area contributed by atoms with E-state index in [1.807, 2.05) is 0 Å². The van der Waals surface area contributed by atoms with Crippen LogP contribution in [0.3, 0.4) is 0 Å². The normalized spacial score (nSPS) is 10.6. The Morgan fingerprint density at radius 3 is 1.31 bits per heavy atom. The van der Waals surface area contributed by atoms with Gasteiger partial charge in [0.25, 0.3) is 0 Å². The maximum absolute atomic E-state index is 14.2. The highest BCUT2D eigenvalue weighted by Crippen LogP contribution is 2.42. The summed E-state index contributed by atoms with van der Waals surface area (Å²) in [6, 6.07) is 11.4. The number of ether oxygens (including phenoxy) is 2. The third-order valence-electron chi connectivity index (χ3n) is 3.34. The van der Waals surface area contributed by atoms with Gasteiger partial charge in [-0.2, -0.15) is 8.78 Å². The Bertz CT molecular complexity index is 901. The second kappa shape index (κ2) is 6.83. The van der Waals surface area contributed by atoms with E-state index in [1.165, 1.54) is 48.5 Å². The zero-order chi connectivity index (χ0) is 18.8. The van der Waals surface area contributed by atoms with Crippen LogP contribution in [0.5, 0.6) is 23.0 Å². The first-order valence-electron chi connectivity index (χ1n) is 7.29. The molecule has 0 heterocycles. The van der Waals surface area contributed by atoms with Crippen LogP contribution in [0.15, 0.2) is 48.5 Å². The Kier molecular flexibility index (Phi) is 4.57. The van der Waals surface area contributed by atoms with Crippen molar-refractivity contribution in [3.63, 3.8) is 0 Å². The van der Waals surface area contributed by atoms with Crippen molar-refractivity contribution in [3.8, 4) is 23.0 Å². The summed E-state index contributed by atoms with van der Waals surface area (Å²) in [6.07, 6.45) is 0. The molecule has 26 heavy (non-hydrogen) atoms. The van der Waals surface area contributed by atoms with Gasteiger partial charge in [-0.3, -0.25) is 0 Å². The Balaban J connectivity index is 2.12. The quantitative estimate of drug-likeness (QED) is 0.296. The first-order chi connectivity index (χ1) is 12.4. The molecule has 0 aliphatic rings. The summed E-state index contributed by atoms with van der Waals surface area (Å²) >= 11 is 0. The van der Waals surface area contributed by atoms with E-state index in [0.717, 1.165) is 0 Å². The summed E-state index contributed by atoms with van der Waals surface area (Å²) in [4.78, 5) is 0. The Morgan fingerprint density at radius 1 is 0.577 bits per heavy atom. The molecule has 134 valence electrons. The van der Waals surface area contributed by atoms with Gasteiger partial charge in [-0.1, -0.05) is 12.1 Å². The summed E-state index contributed by atoms with van der Waals surface area (Å²) in [5.74, 6) is -9.51. The van der Waals surface area contributed by atoms with Crippen molar-refractivity contribution in [1.29, 1.82) is 0 Å². The van der Waals surface area contributed by atoms with Crippen LogP contribution in [-0.4, -0.2) is 0 Å². The molecule has 0 aromatic heterocycles. The van der Waals surface area contributed by atoms with Gasteiger partial charge in [0.2, 0.25) is 34.8 Å². The van der Waals surface area contributed by atoms with Crippen molar-refractivity contribution in [2.24, 2.45) is 0 Å². The lowest BCUT2D eigenvalue weighted by molar-refractivity contribution is 0.330. The molecular formula is C18H12F4N2O2. The molecule has 0 saturated heterocycles. The van der Waals surface area contributed by atoms with Crippen LogP contribution in [0.2, 0.25) is 0 Å². The molecule has 0 saturated carbocycles. The maximum atomic E-state index is 14.2. The van der Waals surface area contributed by atoms with Crippen molar-refractivity contribution in [3.05, 3.63) is 71.8 Å². The van der Waals surface area contributed by atoms with Gasteiger partial charge in [-0.15, -0.1) is 0 Å². The van der Waals surface area contributed by atoms with Gasteiger partial charge < -0.3 is 20.9 Å². The maximum Gasteiger partial charge on any atom is 0.211 e. The standard InChI is InChI=1S/C18H12F4N2O2/c19-13-14(20)16(22)18(26-12-6-2-4-10(24)8-12)17(15(13)21)25-11-5-1-3-9(23)7-11/h1-8H,23-24H2. The number of halogens is 4. The van der Waals surface area contributed by atoms with Crippen LogP contribution < -0.4 is 20.9 Å². The SMILES string of the molecule is Nc1cccc(Oc2c(F)c(F)c(F)c(F)c2Oc2cccc(N)c2)c1. The van der Waals surface area contributed by atoms with Crippen molar-refractivity contribution < 1.29 is 27.0 Å². The smallest absolute Gasteiger partial charge is 0.211 e. The van der Waals surface area contributed by atoms with Gasteiger partial charge in [0.15, 0.2) is 0 Å². The van der Waals surface area contributed by atoms with Crippen LogP contribution in [0.25, 0.3) is 0 Å². The lowest BCUT2D eigenvalue weighted by atomic mass is 10.2. The minimum atomic E-state index is -2.03. The van der Waals surface area contributed by atoms with E-state index in [9.17, 15) is 17.6 Å². The first kappa shape index (κ1) is 17.4. The monoisotopic (exact) mass is 364 g/mol. The molecule has 3 aromatic rings. The van der Waals surface area contributed by atoms with Crippen molar-refractivity contribution >= 4 is 11.4 Å². The predicted molar refractivity (Wildman–Crippen MR) is 88.1 cm³/mol. The number of hydrogen-bond donors (Lipinski definition) is 2. The summed E-state index contributed by atoms with van der Waals surface area (Å²) in [5.41, 5.74) is 11.7. The number of hydrogen-bond acceptors (Lipinski definition) is 4. The molecular weight excluding hydrogens is 352 g/mol. The molecule has 0 atom stereocenters. The second-order valence-electron chi connectivity index (χ2n) is 5.26. The Morgan fingerprint density at radius 2 is 0.962 bits per heavy atom. The average Bonchev–Trinajstić information content (AvgIpc) is 2.61. The highest BCUT2D eigenvalue weighted by atomic mass is 19.2. The molecule has 0 spiro atoms. The first-order valence-corrected chi connectivity index (χ1v) is 7.29. The fourth-order valence-corrected chi connectivity index (χ4v) is 2.17. The topological polar surface area (TPSA) is 70.5 Å². The van der Waals surface area contributed by atoms with Crippen LogP contribution in [-0.2, 0) is 0 Å². The molecule has 0 unspecified atom stereocenters. The Labute approximate surface area is 145 Å². The molecule has 8 heteroatoms. The van der Waals surface area contributed by atoms with Gasteiger partial charge in [0, 0.05) is 23.5 Å². The fourth-order valence-electron chi connectivity index (χ4n) is 2.17. The zero-order valence-corrected chi connectivity index (χ0v) is 13.1. The van der Waals surface area contributed by atoms with E-state index < -0.39 is 34.8 Å². The number of nitrogens with two attached hydrogens (primary N) is 2. The molecule has 0 aliphatic carbocycles. The molecule has 0 aliphatic heterocycles.